The molecule has 0 radical (unpaired) electrons. The number of fused-ring (bicyclic) bond motifs is 1. The second-order valence-electron chi connectivity index (χ2n) is 5.51. The highest BCUT2D eigenvalue weighted by atomic mass is 32.2. The average molecular weight is 335 g/mol. The molecule has 0 spiro atoms. The fraction of sp³-hybridized carbons (Fsp3) is 0.143. The zero-order valence-corrected chi connectivity index (χ0v) is 14.4. The lowest BCUT2D eigenvalue weighted by Crippen LogP contribution is -2.13. The first kappa shape index (κ1) is 16.8. The highest BCUT2D eigenvalue weighted by Gasteiger charge is 2.04. The van der Waals surface area contributed by atoms with Gasteiger partial charge in [-0.25, -0.2) is 0 Å². The van der Waals surface area contributed by atoms with E-state index in [2.05, 4.69) is 72.6 Å². The first-order valence-corrected chi connectivity index (χ1v) is 8.78. The third-order valence-electron chi connectivity index (χ3n) is 3.82. The molecule has 3 heteroatoms. The Bertz CT molecular complexity index is 810. The molecule has 122 valence electrons. The Morgan fingerprint density at radius 3 is 2.50 bits per heavy atom. The molecular formula is C21H21NOS. The first-order valence-electron chi connectivity index (χ1n) is 8.04. The van der Waals surface area contributed by atoms with Crippen LogP contribution in [0, 0.1) is 0 Å². The standard InChI is InChI=1S/C21H21NOS/c1-2-14-23-24-21-13-6-4-9-19(21)16-22-15-18-11-7-10-17-8-3-5-12-20(17)18/h2-13,22H,1,14-16H2. The molecule has 24 heavy (non-hydrogen) atoms. The molecule has 0 aliphatic carbocycles. The van der Waals surface area contributed by atoms with E-state index in [1.807, 2.05) is 6.07 Å². The van der Waals surface area contributed by atoms with E-state index in [4.69, 9.17) is 4.18 Å². The minimum Gasteiger partial charge on any atom is -0.309 e. The van der Waals surface area contributed by atoms with Gasteiger partial charge >= 0.3 is 0 Å². The van der Waals surface area contributed by atoms with Gasteiger partial charge in [0.2, 0.25) is 0 Å². The van der Waals surface area contributed by atoms with Crippen LogP contribution in [-0.4, -0.2) is 6.61 Å². The van der Waals surface area contributed by atoms with Gasteiger partial charge in [0.05, 0.1) is 6.61 Å². The molecule has 0 amide bonds. The second-order valence-corrected chi connectivity index (χ2v) is 6.35. The summed E-state index contributed by atoms with van der Waals surface area (Å²) in [5.41, 5.74) is 2.56. The first-order chi connectivity index (χ1) is 11.9. The van der Waals surface area contributed by atoms with Crippen molar-refractivity contribution in [2.75, 3.05) is 6.61 Å². The quantitative estimate of drug-likeness (QED) is 0.341. The maximum absolute atomic E-state index is 5.50. The number of rotatable bonds is 8. The SMILES string of the molecule is C=CCOSc1ccccc1CNCc1cccc2ccccc12. The van der Waals surface area contributed by atoms with Crippen LogP contribution < -0.4 is 5.32 Å². The van der Waals surface area contributed by atoms with E-state index in [0.717, 1.165) is 18.0 Å². The number of hydrogen-bond donors (Lipinski definition) is 1. The topological polar surface area (TPSA) is 21.3 Å². The zero-order chi connectivity index (χ0) is 16.6. The summed E-state index contributed by atoms with van der Waals surface area (Å²) < 4.78 is 5.50. The van der Waals surface area contributed by atoms with Crippen molar-refractivity contribution < 1.29 is 4.18 Å². The lowest BCUT2D eigenvalue weighted by molar-refractivity contribution is 0.429. The van der Waals surface area contributed by atoms with Gasteiger partial charge < -0.3 is 9.50 Å². The molecule has 3 aromatic rings. The van der Waals surface area contributed by atoms with Gasteiger partial charge in [-0.1, -0.05) is 66.7 Å². The Morgan fingerprint density at radius 2 is 1.58 bits per heavy atom. The van der Waals surface area contributed by atoms with Gasteiger partial charge in [-0.05, 0) is 28.0 Å². The Kier molecular flexibility index (Phi) is 6.07. The molecule has 0 heterocycles. The highest BCUT2D eigenvalue weighted by molar-refractivity contribution is 7.94. The largest absolute Gasteiger partial charge is 0.309 e. The Labute approximate surface area is 147 Å². The predicted molar refractivity (Wildman–Crippen MR) is 103 cm³/mol. The van der Waals surface area contributed by atoms with Gasteiger partial charge in [0.25, 0.3) is 0 Å². The minimum absolute atomic E-state index is 0.544. The van der Waals surface area contributed by atoms with Gasteiger partial charge in [0.15, 0.2) is 0 Å². The fourth-order valence-corrected chi connectivity index (χ4v) is 3.33. The number of nitrogens with one attached hydrogen (secondary N) is 1. The van der Waals surface area contributed by atoms with Crippen LogP contribution in [0.15, 0.2) is 84.3 Å². The molecule has 0 fully saturated rings. The van der Waals surface area contributed by atoms with Crippen LogP contribution >= 0.6 is 12.0 Å². The molecule has 0 aromatic heterocycles. The molecule has 0 unspecified atom stereocenters. The van der Waals surface area contributed by atoms with E-state index in [1.165, 1.54) is 33.9 Å². The fourth-order valence-electron chi connectivity index (χ4n) is 2.66. The summed E-state index contributed by atoms with van der Waals surface area (Å²) in [7, 11) is 0. The molecular weight excluding hydrogens is 314 g/mol. The molecule has 0 saturated carbocycles. The molecule has 0 saturated heterocycles. The van der Waals surface area contributed by atoms with Crippen LogP contribution in [0.4, 0.5) is 0 Å². The van der Waals surface area contributed by atoms with Crippen LogP contribution in [0.5, 0.6) is 0 Å². The average Bonchev–Trinajstić information content (AvgIpc) is 2.63. The lowest BCUT2D eigenvalue weighted by atomic mass is 10.0. The summed E-state index contributed by atoms with van der Waals surface area (Å²) in [6, 6.07) is 23.3. The van der Waals surface area contributed by atoms with Gasteiger partial charge in [-0.2, -0.15) is 0 Å². The normalized spacial score (nSPS) is 10.8. The van der Waals surface area contributed by atoms with E-state index in [-0.39, 0.29) is 0 Å². The molecule has 0 atom stereocenters. The summed E-state index contributed by atoms with van der Waals surface area (Å²) in [5.74, 6) is 0. The van der Waals surface area contributed by atoms with Crippen molar-refractivity contribution in [3.05, 3.63) is 90.5 Å². The second kappa shape index (κ2) is 8.69. The van der Waals surface area contributed by atoms with Crippen LogP contribution in [0.2, 0.25) is 0 Å². The van der Waals surface area contributed by atoms with Crippen molar-refractivity contribution in [3.63, 3.8) is 0 Å². The maximum Gasteiger partial charge on any atom is 0.0797 e. The third-order valence-corrected chi connectivity index (χ3v) is 4.65. The van der Waals surface area contributed by atoms with Gasteiger partial charge in [-0.3, -0.25) is 0 Å². The minimum atomic E-state index is 0.544. The van der Waals surface area contributed by atoms with Crippen molar-refractivity contribution >= 4 is 22.8 Å². The van der Waals surface area contributed by atoms with Crippen LogP contribution in [-0.2, 0) is 17.3 Å². The molecule has 0 aliphatic rings. The monoisotopic (exact) mass is 335 g/mol. The molecule has 2 nitrogen and oxygen atoms in total. The summed E-state index contributed by atoms with van der Waals surface area (Å²) in [4.78, 5) is 1.14. The molecule has 3 aromatic carbocycles. The van der Waals surface area contributed by atoms with Crippen molar-refractivity contribution in [3.8, 4) is 0 Å². The highest BCUT2D eigenvalue weighted by Crippen LogP contribution is 2.24. The number of benzene rings is 3. The Balaban J connectivity index is 1.65. The lowest BCUT2D eigenvalue weighted by Gasteiger charge is -2.11. The van der Waals surface area contributed by atoms with Crippen molar-refractivity contribution in [2.45, 2.75) is 18.0 Å². The van der Waals surface area contributed by atoms with Crippen LogP contribution in [0.3, 0.4) is 0 Å². The smallest absolute Gasteiger partial charge is 0.0797 e. The summed E-state index contributed by atoms with van der Waals surface area (Å²) in [6.45, 7) is 5.87. The van der Waals surface area contributed by atoms with Crippen molar-refractivity contribution in [2.24, 2.45) is 0 Å². The van der Waals surface area contributed by atoms with Gasteiger partial charge in [-0.15, -0.1) is 6.58 Å². The van der Waals surface area contributed by atoms with Crippen LogP contribution in [0.1, 0.15) is 11.1 Å². The predicted octanol–water partition coefficient (Wildman–Crippen LogP) is 5.34. The van der Waals surface area contributed by atoms with E-state index in [1.54, 1.807) is 6.08 Å². The third kappa shape index (κ3) is 4.26. The van der Waals surface area contributed by atoms with E-state index in [9.17, 15) is 0 Å². The maximum atomic E-state index is 5.50. The van der Waals surface area contributed by atoms with E-state index in [0.29, 0.717) is 6.61 Å². The Hall–Kier alpha value is -2.07. The van der Waals surface area contributed by atoms with Crippen molar-refractivity contribution in [1.82, 2.24) is 5.32 Å². The van der Waals surface area contributed by atoms with E-state index >= 15 is 0 Å². The van der Waals surface area contributed by atoms with Crippen LogP contribution in [0.25, 0.3) is 10.8 Å². The molecule has 1 N–H and O–H groups in total. The molecule has 3 rings (SSSR count). The Morgan fingerprint density at radius 1 is 0.875 bits per heavy atom. The molecule has 0 bridgehead atoms. The number of hydrogen-bond acceptors (Lipinski definition) is 3. The van der Waals surface area contributed by atoms with Crippen molar-refractivity contribution in [1.29, 1.82) is 0 Å². The molecule has 0 aliphatic heterocycles. The van der Waals surface area contributed by atoms with Gasteiger partial charge in [0.1, 0.15) is 0 Å². The van der Waals surface area contributed by atoms with E-state index < -0.39 is 0 Å². The van der Waals surface area contributed by atoms with Gasteiger partial charge in [0, 0.05) is 30.0 Å². The summed E-state index contributed by atoms with van der Waals surface area (Å²) >= 11 is 1.41. The summed E-state index contributed by atoms with van der Waals surface area (Å²) in [5, 5.41) is 6.14. The zero-order valence-electron chi connectivity index (χ0n) is 13.6. The summed E-state index contributed by atoms with van der Waals surface area (Å²) in [6.07, 6.45) is 1.76.